The van der Waals surface area contributed by atoms with Crippen LogP contribution in [-0.4, -0.2) is 19.6 Å². The number of carbonyl (C=O) groups excluding carboxylic acids is 1. The first-order valence-electron chi connectivity index (χ1n) is 7.26. The maximum atomic E-state index is 12.8. The van der Waals surface area contributed by atoms with Crippen LogP contribution in [0.5, 0.6) is 5.75 Å². The molecule has 0 aliphatic carbocycles. The van der Waals surface area contributed by atoms with E-state index in [0.29, 0.717) is 5.75 Å². The summed E-state index contributed by atoms with van der Waals surface area (Å²) in [6.07, 6.45) is -4.59. The van der Waals surface area contributed by atoms with Gasteiger partial charge in [0.25, 0.3) is 0 Å². The molecular formula is C17H16ClF3N2O2. The summed E-state index contributed by atoms with van der Waals surface area (Å²) in [7, 11) is 1.55. The minimum Gasteiger partial charge on any atom is -0.497 e. The molecule has 2 rings (SSSR count). The highest BCUT2D eigenvalue weighted by atomic mass is 35.5. The third-order valence-electron chi connectivity index (χ3n) is 3.43. The fourth-order valence-corrected chi connectivity index (χ4v) is 2.39. The second-order valence-electron chi connectivity index (χ2n) is 5.27. The average molecular weight is 373 g/mol. The van der Waals surface area contributed by atoms with Gasteiger partial charge in [0, 0.05) is 11.4 Å². The first-order valence-corrected chi connectivity index (χ1v) is 7.63. The lowest BCUT2D eigenvalue weighted by atomic mass is 10.2. The molecule has 2 N–H and O–H groups in total. The van der Waals surface area contributed by atoms with E-state index in [2.05, 4.69) is 10.6 Å². The van der Waals surface area contributed by atoms with Gasteiger partial charge < -0.3 is 15.4 Å². The number of amides is 1. The Morgan fingerprint density at radius 1 is 1.20 bits per heavy atom. The van der Waals surface area contributed by atoms with Crippen molar-refractivity contribution in [1.29, 1.82) is 0 Å². The van der Waals surface area contributed by atoms with Crippen molar-refractivity contribution in [3.8, 4) is 5.75 Å². The van der Waals surface area contributed by atoms with Gasteiger partial charge in [-0.05, 0) is 48.9 Å². The second kappa shape index (κ2) is 7.65. The van der Waals surface area contributed by atoms with Crippen LogP contribution in [0.3, 0.4) is 0 Å². The lowest BCUT2D eigenvalue weighted by Gasteiger charge is -2.13. The van der Waals surface area contributed by atoms with E-state index in [-0.39, 0.29) is 12.2 Å². The maximum Gasteiger partial charge on any atom is 0.417 e. The zero-order valence-corrected chi connectivity index (χ0v) is 14.3. The molecule has 2 aromatic carbocycles. The van der Waals surface area contributed by atoms with E-state index < -0.39 is 22.7 Å². The van der Waals surface area contributed by atoms with Gasteiger partial charge in [-0.15, -0.1) is 0 Å². The molecule has 25 heavy (non-hydrogen) atoms. The highest BCUT2D eigenvalue weighted by Crippen LogP contribution is 2.36. The van der Waals surface area contributed by atoms with Crippen LogP contribution in [0, 0.1) is 6.92 Å². The number of anilines is 2. The van der Waals surface area contributed by atoms with Gasteiger partial charge >= 0.3 is 6.18 Å². The van der Waals surface area contributed by atoms with Crippen molar-refractivity contribution in [2.24, 2.45) is 0 Å². The minimum atomic E-state index is -4.59. The Kier molecular flexibility index (Phi) is 5.79. The molecule has 8 heteroatoms. The molecule has 0 aliphatic heterocycles. The van der Waals surface area contributed by atoms with E-state index in [1.54, 1.807) is 25.3 Å². The van der Waals surface area contributed by atoms with Gasteiger partial charge in [0.05, 0.1) is 24.2 Å². The summed E-state index contributed by atoms with van der Waals surface area (Å²) in [5.41, 5.74) is 0.627. The Balaban J connectivity index is 2.01. The summed E-state index contributed by atoms with van der Waals surface area (Å²) in [6, 6.07) is 8.51. The molecule has 4 nitrogen and oxygen atoms in total. The number of hydrogen-bond acceptors (Lipinski definition) is 3. The molecule has 0 atom stereocenters. The predicted octanol–water partition coefficient (Wildman–Crippen LogP) is 4.73. The van der Waals surface area contributed by atoms with Crippen molar-refractivity contribution in [2.45, 2.75) is 13.1 Å². The van der Waals surface area contributed by atoms with Crippen LogP contribution in [0.15, 0.2) is 36.4 Å². The summed E-state index contributed by atoms with van der Waals surface area (Å²) in [6.45, 7) is 1.74. The molecule has 134 valence electrons. The lowest BCUT2D eigenvalue weighted by Crippen LogP contribution is -2.22. The maximum absolute atomic E-state index is 12.8. The highest BCUT2D eigenvalue weighted by molar-refractivity contribution is 6.31. The second-order valence-corrected chi connectivity index (χ2v) is 5.68. The summed E-state index contributed by atoms with van der Waals surface area (Å²) >= 11 is 5.55. The molecule has 0 fully saturated rings. The van der Waals surface area contributed by atoms with Crippen molar-refractivity contribution < 1.29 is 22.7 Å². The van der Waals surface area contributed by atoms with Crippen molar-refractivity contribution in [1.82, 2.24) is 0 Å². The number of methoxy groups -OCH3 is 1. The van der Waals surface area contributed by atoms with Crippen LogP contribution in [0.2, 0.25) is 5.02 Å². The molecule has 0 heterocycles. The number of halogens is 4. The van der Waals surface area contributed by atoms with E-state index in [1.165, 1.54) is 6.07 Å². The zero-order chi connectivity index (χ0) is 18.6. The fourth-order valence-electron chi connectivity index (χ4n) is 2.16. The molecular weight excluding hydrogens is 357 g/mol. The number of hydrogen-bond donors (Lipinski definition) is 2. The van der Waals surface area contributed by atoms with Crippen LogP contribution in [0.25, 0.3) is 0 Å². The molecule has 0 spiro atoms. The molecule has 0 saturated carbocycles. The summed E-state index contributed by atoms with van der Waals surface area (Å²) in [4.78, 5) is 12.0. The topological polar surface area (TPSA) is 50.4 Å². The Hall–Kier alpha value is -2.41. The Morgan fingerprint density at radius 2 is 1.92 bits per heavy atom. The monoisotopic (exact) mass is 372 g/mol. The molecule has 0 aliphatic rings. The Morgan fingerprint density at radius 3 is 2.52 bits per heavy atom. The van der Waals surface area contributed by atoms with E-state index >= 15 is 0 Å². The molecule has 0 bridgehead atoms. The Labute approximate surface area is 147 Å². The largest absolute Gasteiger partial charge is 0.497 e. The molecule has 0 saturated heterocycles. The molecule has 0 radical (unpaired) electrons. The molecule has 1 amide bonds. The van der Waals surface area contributed by atoms with Crippen LogP contribution in [-0.2, 0) is 11.0 Å². The molecule has 0 aromatic heterocycles. The number of alkyl halides is 3. The number of aryl methyl sites for hydroxylation is 1. The fraction of sp³-hybridized carbons (Fsp3) is 0.235. The first kappa shape index (κ1) is 18.9. The third-order valence-corrected chi connectivity index (χ3v) is 3.76. The van der Waals surface area contributed by atoms with Gasteiger partial charge in [-0.1, -0.05) is 11.6 Å². The standard InChI is InChI=1S/C17H16ClF3N2O2/c1-10-7-12(25-2)4-6-15(10)22-9-16(24)23-11-3-5-14(18)13(8-11)17(19,20)21/h3-8,22H,9H2,1-2H3,(H,23,24). The van der Waals surface area contributed by atoms with E-state index in [1.807, 2.05) is 6.92 Å². The van der Waals surface area contributed by atoms with E-state index in [9.17, 15) is 18.0 Å². The smallest absolute Gasteiger partial charge is 0.417 e. The van der Waals surface area contributed by atoms with Gasteiger partial charge in [-0.3, -0.25) is 4.79 Å². The van der Waals surface area contributed by atoms with Crippen molar-refractivity contribution in [2.75, 3.05) is 24.3 Å². The van der Waals surface area contributed by atoms with Crippen LogP contribution in [0.4, 0.5) is 24.5 Å². The lowest BCUT2D eigenvalue weighted by molar-refractivity contribution is -0.137. The number of rotatable bonds is 5. The third kappa shape index (κ3) is 5.03. The predicted molar refractivity (Wildman–Crippen MR) is 91.3 cm³/mol. The minimum absolute atomic E-state index is 0.0231. The van der Waals surface area contributed by atoms with E-state index in [0.717, 1.165) is 23.4 Å². The van der Waals surface area contributed by atoms with Gasteiger partial charge in [-0.25, -0.2) is 0 Å². The van der Waals surface area contributed by atoms with Gasteiger partial charge in [0.15, 0.2) is 0 Å². The number of carbonyl (C=O) groups is 1. The number of benzene rings is 2. The van der Waals surface area contributed by atoms with Crippen molar-refractivity contribution in [3.63, 3.8) is 0 Å². The molecule has 2 aromatic rings. The van der Waals surface area contributed by atoms with Crippen LogP contribution < -0.4 is 15.4 Å². The summed E-state index contributed by atoms with van der Waals surface area (Å²) in [5.74, 6) is 0.207. The first-order chi connectivity index (χ1) is 11.7. The molecule has 0 unspecified atom stereocenters. The zero-order valence-electron chi connectivity index (χ0n) is 13.5. The highest BCUT2D eigenvalue weighted by Gasteiger charge is 2.33. The summed E-state index contributed by atoms with van der Waals surface area (Å²) in [5, 5.41) is 4.91. The van der Waals surface area contributed by atoms with Crippen LogP contribution >= 0.6 is 11.6 Å². The summed E-state index contributed by atoms with van der Waals surface area (Å²) < 4.78 is 43.6. The number of ether oxygens (including phenoxy) is 1. The number of nitrogens with one attached hydrogen (secondary N) is 2. The quantitative estimate of drug-likeness (QED) is 0.798. The van der Waals surface area contributed by atoms with Crippen molar-refractivity contribution in [3.05, 3.63) is 52.5 Å². The van der Waals surface area contributed by atoms with Gasteiger partial charge in [0.1, 0.15) is 5.75 Å². The van der Waals surface area contributed by atoms with Gasteiger partial charge in [-0.2, -0.15) is 13.2 Å². The normalized spacial score (nSPS) is 11.1. The van der Waals surface area contributed by atoms with Crippen LogP contribution in [0.1, 0.15) is 11.1 Å². The van der Waals surface area contributed by atoms with Crippen molar-refractivity contribution >= 4 is 28.9 Å². The van der Waals surface area contributed by atoms with E-state index in [4.69, 9.17) is 16.3 Å². The Bertz CT molecular complexity index is 779. The average Bonchev–Trinajstić information content (AvgIpc) is 2.54. The SMILES string of the molecule is COc1ccc(NCC(=O)Nc2ccc(Cl)c(C(F)(F)F)c2)c(C)c1. The van der Waals surface area contributed by atoms with Gasteiger partial charge in [0.2, 0.25) is 5.91 Å².